The summed E-state index contributed by atoms with van der Waals surface area (Å²) in [5.41, 5.74) is 3.68. The number of halogens is 1. The highest BCUT2D eigenvalue weighted by Gasteiger charge is 2.41. The summed E-state index contributed by atoms with van der Waals surface area (Å²) in [5, 5.41) is 3.36. The number of carbonyl (C=O) groups is 2. The molecular formula is C21H22BrNO5. The van der Waals surface area contributed by atoms with E-state index in [4.69, 9.17) is 14.2 Å². The third-order valence-electron chi connectivity index (χ3n) is 5.31. The van der Waals surface area contributed by atoms with Crippen LogP contribution in [0, 0.1) is 0 Å². The van der Waals surface area contributed by atoms with Crippen LogP contribution >= 0.6 is 15.9 Å². The van der Waals surface area contributed by atoms with Crippen molar-refractivity contribution in [1.82, 2.24) is 5.32 Å². The molecule has 0 spiro atoms. The average molecular weight is 448 g/mol. The molecule has 4 rings (SSSR count). The summed E-state index contributed by atoms with van der Waals surface area (Å²) in [6, 6.07) is 3.70. The number of allylic oxidation sites excluding steroid dienone is 3. The van der Waals surface area contributed by atoms with Gasteiger partial charge in [0.15, 0.2) is 17.3 Å². The Hall–Kier alpha value is -2.28. The number of ketones is 1. The van der Waals surface area contributed by atoms with Crippen LogP contribution in [0.5, 0.6) is 11.5 Å². The zero-order valence-electron chi connectivity index (χ0n) is 15.9. The highest BCUT2D eigenvalue weighted by atomic mass is 79.9. The van der Waals surface area contributed by atoms with Gasteiger partial charge in [0.05, 0.1) is 12.2 Å². The van der Waals surface area contributed by atoms with Crippen molar-refractivity contribution in [1.29, 1.82) is 0 Å². The number of esters is 1. The second kappa shape index (κ2) is 7.62. The summed E-state index contributed by atoms with van der Waals surface area (Å²) in [4.78, 5) is 25.9. The Kier molecular flexibility index (Phi) is 5.19. The van der Waals surface area contributed by atoms with Gasteiger partial charge in [-0.1, -0.05) is 22.9 Å². The number of dihydropyridines is 1. The van der Waals surface area contributed by atoms with Crippen molar-refractivity contribution < 1.29 is 23.8 Å². The van der Waals surface area contributed by atoms with E-state index >= 15 is 0 Å². The number of nitrogens with one attached hydrogen (secondary N) is 1. The van der Waals surface area contributed by atoms with Crippen molar-refractivity contribution in [2.75, 3.05) is 13.4 Å². The molecule has 1 aliphatic carbocycles. The second-order valence-corrected chi connectivity index (χ2v) is 7.77. The maximum absolute atomic E-state index is 13.0. The molecule has 0 saturated carbocycles. The molecule has 0 radical (unpaired) electrons. The molecule has 2 heterocycles. The quantitative estimate of drug-likeness (QED) is 0.700. The van der Waals surface area contributed by atoms with Crippen LogP contribution in [0.15, 0.2) is 39.1 Å². The Labute approximate surface area is 172 Å². The van der Waals surface area contributed by atoms with Gasteiger partial charge in [-0.3, -0.25) is 4.79 Å². The van der Waals surface area contributed by atoms with Gasteiger partial charge in [-0.05, 0) is 43.9 Å². The van der Waals surface area contributed by atoms with E-state index in [1.165, 1.54) is 0 Å². The lowest BCUT2D eigenvalue weighted by Crippen LogP contribution is -2.35. The van der Waals surface area contributed by atoms with E-state index in [1.54, 1.807) is 6.92 Å². The average Bonchev–Trinajstić information content (AvgIpc) is 3.13. The standard InChI is InChI=1S/C21H22BrNO5/c1-3-13-20(21(25)26-4-2)18(19-14(23-13)6-5-7-15(19)24)11-8-16-17(9-12(11)22)28-10-27-16/h8-9,18,23H,3-7,10H2,1-2H3/t18-/m1/s1. The fourth-order valence-electron chi connectivity index (χ4n) is 4.09. The molecule has 0 fully saturated rings. The van der Waals surface area contributed by atoms with E-state index in [0.29, 0.717) is 35.5 Å². The molecule has 0 aromatic heterocycles. The maximum Gasteiger partial charge on any atom is 0.336 e. The zero-order valence-corrected chi connectivity index (χ0v) is 17.5. The van der Waals surface area contributed by atoms with E-state index in [0.717, 1.165) is 34.3 Å². The molecule has 1 aromatic carbocycles. The molecule has 0 amide bonds. The minimum Gasteiger partial charge on any atom is -0.463 e. The minimum absolute atomic E-state index is 0.0697. The molecule has 0 bridgehead atoms. The molecule has 148 valence electrons. The first-order valence-corrected chi connectivity index (χ1v) is 10.4. The summed E-state index contributed by atoms with van der Waals surface area (Å²) >= 11 is 3.61. The number of benzene rings is 1. The van der Waals surface area contributed by atoms with Gasteiger partial charge >= 0.3 is 5.97 Å². The number of carbonyl (C=O) groups excluding carboxylic acids is 2. The lowest BCUT2D eigenvalue weighted by molar-refractivity contribution is -0.138. The highest BCUT2D eigenvalue weighted by Crippen LogP contribution is 2.48. The molecule has 1 aromatic rings. The molecule has 2 aliphatic heterocycles. The molecule has 3 aliphatic rings. The van der Waals surface area contributed by atoms with E-state index < -0.39 is 11.9 Å². The fourth-order valence-corrected chi connectivity index (χ4v) is 4.64. The van der Waals surface area contributed by atoms with Gasteiger partial charge in [0.1, 0.15) is 0 Å². The predicted octanol–water partition coefficient (Wildman–Crippen LogP) is 4.10. The van der Waals surface area contributed by atoms with E-state index in [-0.39, 0.29) is 19.2 Å². The van der Waals surface area contributed by atoms with Gasteiger partial charge < -0.3 is 19.5 Å². The molecule has 6 nitrogen and oxygen atoms in total. The lowest BCUT2D eigenvalue weighted by Gasteiger charge is -2.35. The molecular weight excluding hydrogens is 426 g/mol. The van der Waals surface area contributed by atoms with Gasteiger partial charge in [-0.15, -0.1) is 0 Å². The topological polar surface area (TPSA) is 73.9 Å². The number of hydrogen-bond donors (Lipinski definition) is 1. The van der Waals surface area contributed by atoms with Crippen molar-refractivity contribution in [3.8, 4) is 11.5 Å². The molecule has 1 N–H and O–H groups in total. The highest BCUT2D eigenvalue weighted by molar-refractivity contribution is 9.10. The van der Waals surface area contributed by atoms with Crippen LogP contribution in [0.4, 0.5) is 0 Å². The summed E-state index contributed by atoms with van der Waals surface area (Å²) in [6.45, 7) is 4.20. The number of hydrogen-bond acceptors (Lipinski definition) is 6. The molecule has 28 heavy (non-hydrogen) atoms. The Morgan fingerprint density at radius 1 is 1.25 bits per heavy atom. The Balaban J connectivity index is 1.93. The summed E-state index contributed by atoms with van der Waals surface area (Å²) in [7, 11) is 0. The van der Waals surface area contributed by atoms with E-state index in [1.807, 2.05) is 19.1 Å². The van der Waals surface area contributed by atoms with Crippen LogP contribution in [0.25, 0.3) is 0 Å². The fraction of sp³-hybridized carbons (Fsp3) is 0.429. The first-order valence-electron chi connectivity index (χ1n) is 9.57. The third kappa shape index (κ3) is 3.11. The number of rotatable bonds is 4. The number of fused-ring (bicyclic) bond motifs is 1. The van der Waals surface area contributed by atoms with Crippen LogP contribution in [0.1, 0.15) is 51.0 Å². The van der Waals surface area contributed by atoms with Gasteiger partial charge in [0.25, 0.3) is 0 Å². The first-order chi connectivity index (χ1) is 13.5. The largest absolute Gasteiger partial charge is 0.463 e. The smallest absolute Gasteiger partial charge is 0.336 e. The maximum atomic E-state index is 13.0. The number of Topliss-reactive ketones (excluding diaryl/α,β-unsaturated/α-hetero) is 1. The minimum atomic E-state index is -0.498. The van der Waals surface area contributed by atoms with Crippen molar-refractivity contribution in [2.24, 2.45) is 0 Å². The van der Waals surface area contributed by atoms with Gasteiger partial charge in [-0.25, -0.2) is 4.79 Å². The van der Waals surface area contributed by atoms with Gasteiger partial charge in [0.2, 0.25) is 6.79 Å². The van der Waals surface area contributed by atoms with Crippen LogP contribution in [0.3, 0.4) is 0 Å². The lowest BCUT2D eigenvalue weighted by atomic mass is 9.75. The van der Waals surface area contributed by atoms with Crippen LogP contribution < -0.4 is 14.8 Å². The molecule has 7 heteroatoms. The van der Waals surface area contributed by atoms with Crippen molar-refractivity contribution in [2.45, 2.75) is 45.4 Å². The summed E-state index contributed by atoms with van der Waals surface area (Å²) < 4.78 is 17.1. The Morgan fingerprint density at radius 2 is 2.00 bits per heavy atom. The second-order valence-electron chi connectivity index (χ2n) is 6.92. The van der Waals surface area contributed by atoms with Crippen molar-refractivity contribution in [3.63, 3.8) is 0 Å². The zero-order chi connectivity index (χ0) is 19.8. The van der Waals surface area contributed by atoms with E-state index in [9.17, 15) is 9.59 Å². The normalized spacial score (nSPS) is 20.8. The SMILES string of the molecule is CCOC(=O)C1=C(CC)NC2=C(C(=O)CCC2)[C@H]1c1cc2c(cc1Br)OCO2. The van der Waals surface area contributed by atoms with Crippen molar-refractivity contribution in [3.05, 3.63) is 44.7 Å². The van der Waals surface area contributed by atoms with Gasteiger partial charge in [0, 0.05) is 33.8 Å². The van der Waals surface area contributed by atoms with Gasteiger partial charge in [-0.2, -0.15) is 0 Å². The predicted molar refractivity (Wildman–Crippen MR) is 106 cm³/mol. The van der Waals surface area contributed by atoms with Crippen molar-refractivity contribution >= 4 is 27.7 Å². The van der Waals surface area contributed by atoms with E-state index in [2.05, 4.69) is 21.2 Å². The Morgan fingerprint density at radius 3 is 2.71 bits per heavy atom. The monoisotopic (exact) mass is 447 g/mol. The van der Waals surface area contributed by atoms with Crippen LogP contribution in [-0.2, 0) is 14.3 Å². The number of ether oxygens (including phenoxy) is 3. The van der Waals surface area contributed by atoms with Crippen LogP contribution in [-0.4, -0.2) is 25.2 Å². The molecule has 0 saturated heterocycles. The Bertz CT molecular complexity index is 918. The molecule has 0 unspecified atom stereocenters. The van der Waals surface area contributed by atoms with Crippen LogP contribution in [0.2, 0.25) is 0 Å². The summed E-state index contributed by atoms with van der Waals surface area (Å²) in [5.74, 6) is 0.433. The first kappa shape index (κ1) is 19.1. The summed E-state index contributed by atoms with van der Waals surface area (Å²) in [6.07, 6.45) is 2.72. The third-order valence-corrected chi connectivity index (χ3v) is 6.00. The molecule has 1 atom stereocenters.